The molecule has 4 rings (SSSR count). The lowest BCUT2D eigenvalue weighted by atomic mass is 9.92. The summed E-state index contributed by atoms with van der Waals surface area (Å²) in [5.74, 6) is 1.12. The number of hydrogen-bond donors (Lipinski definition) is 4. The van der Waals surface area contributed by atoms with Gasteiger partial charge in [0.2, 0.25) is 5.56 Å². The van der Waals surface area contributed by atoms with E-state index in [-0.39, 0.29) is 17.9 Å². The highest BCUT2D eigenvalue weighted by Crippen LogP contribution is 2.33. The minimum Gasteiger partial charge on any atom is -0.506 e. The van der Waals surface area contributed by atoms with Crippen LogP contribution in [0.3, 0.4) is 0 Å². The highest BCUT2D eigenvalue weighted by Gasteiger charge is 2.23. The number of nitrogens with zero attached hydrogens (tertiary/aromatic N) is 1. The summed E-state index contributed by atoms with van der Waals surface area (Å²) in [5.41, 5.74) is 1.37. The zero-order valence-electron chi connectivity index (χ0n) is 22.4. The Morgan fingerprint density at radius 3 is 2.67 bits per heavy atom. The average Bonchev–Trinajstić information content (AvgIpc) is 2.92. The average molecular weight is 559 g/mol. The number of methoxy groups -OCH3 is 1. The number of benzene rings is 2. The number of aromatic amines is 1. The maximum atomic E-state index is 11.6. The van der Waals surface area contributed by atoms with E-state index >= 15 is 0 Å². The van der Waals surface area contributed by atoms with Crippen molar-refractivity contribution in [1.82, 2.24) is 15.2 Å². The van der Waals surface area contributed by atoms with E-state index < -0.39 is 12.2 Å². The standard InChI is InChI=1S/C29H37ClN3O6/c1-33(19-4-6-20(34)7-5-19)12-3-13-39-27-15-26(38-2)18(14-23(27)30)16-31-17-25(36)21-8-10-24(35)29-22(21)9-11-28(37)32-29/h8-11,14-15,19-20,25,31,35-36H,3-7,12-13,16-17H2,1-2H3,(H,32,37)/t19-,20-,25-/m0/s1. The summed E-state index contributed by atoms with van der Waals surface area (Å²) in [4.78, 5) is 16.6. The van der Waals surface area contributed by atoms with Crippen LogP contribution in [0.2, 0.25) is 5.02 Å². The summed E-state index contributed by atoms with van der Waals surface area (Å²) in [5, 5.41) is 36.7. The topological polar surface area (TPSA) is 127 Å². The molecule has 9 nitrogen and oxygen atoms in total. The second kappa shape index (κ2) is 13.5. The third-order valence-electron chi connectivity index (χ3n) is 7.43. The predicted molar refractivity (Wildman–Crippen MR) is 150 cm³/mol. The number of phenols is 1. The second-order valence-corrected chi connectivity index (χ2v) is 10.5. The molecule has 0 saturated heterocycles. The molecule has 3 aromatic rings. The number of H-pyrrole nitrogens is 1. The van der Waals surface area contributed by atoms with Gasteiger partial charge >= 0.3 is 0 Å². The van der Waals surface area contributed by atoms with Crippen LogP contribution in [0, 0.1) is 0 Å². The van der Waals surface area contributed by atoms with Crippen molar-refractivity contribution in [3.8, 4) is 17.2 Å². The number of aliphatic hydroxyl groups excluding tert-OH is 1. The lowest BCUT2D eigenvalue weighted by Gasteiger charge is -2.32. The number of rotatable bonds is 12. The molecule has 0 unspecified atom stereocenters. The first-order valence-corrected chi connectivity index (χ1v) is 13.7. The number of phenolic OH excluding ortho intramolecular Hbond substituents is 1. The smallest absolute Gasteiger partial charge is 0.248 e. The molecule has 1 fully saturated rings. The second-order valence-electron chi connectivity index (χ2n) is 10.1. The van der Waals surface area contributed by atoms with E-state index in [0.29, 0.717) is 52.2 Å². The monoisotopic (exact) mass is 558 g/mol. The van der Waals surface area contributed by atoms with E-state index in [1.54, 1.807) is 31.4 Å². The zero-order chi connectivity index (χ0) is 27.9. The van der Waals surface area contributed by atoms with Gasteiger partial charge in [0, 0.05) is 48.8 Å². The number of pyridine rings is 1. The van der Waals surface area contributed by atoms with Crippen molar-refractivity contribution in [3.05, 3.63) is 62.9 Å². The largest absolute Gasteiger partial charge is 0.506 e. The summed E-state index contributed by atoms with van der Waals surface area (Å²) >= 11 is 6.52. The van der Waals surface area contributed by atoms with Crippen LogP contribution in [-0.2, 0) is 11.7 Å². The van der Waals surface area contributed by atoms with Crippen LogP contribution in [-0.4, -0.2) is 66.1 Å². The van der Waals surface area contributed by atoms with Crippen LogP contribution in [0.1, 0.15) is 49.3 Å². The van der Waals surface area contributed by atoms with Gasteiger partial charge in [0.25, 0.3) is 0 Å². The lowest BCUT2D eigenvalue weighted by Crippen LogP contribution is -2.37. The summed E-state index contributed by atoms with van der Waals surface area (Å²) in [6.07, 6.45) is 3.02. The van der Waals surface area contributed by atoms with Gasteiger partial charge in [0.15, 0.2) is 0 Å². The fourth-order valence-electron chi connectivity index (χ4n) is 5.18. The minimum absolute atomic E-state index is 0.0527. The van der Waals surface area contributed by atoms with Crippen molar-refractivity contribution in [3.63, 3.8) is 0 Å². The Hall–Kier alpha value is -2.82. The van der Waals surface area contributed by atoms with Crippen molar-refractivity contribution in [2.24, 2.45) is 0 Å². The van der Waals surface area contributed by atoms with E-state index in [1.807, 2.05) is 0 Å². The molecule has 39 heavy (non-hydrogen) atoms. The van der Waals surface area contributed by atoms with Gasteiger partial charge in [0.1, 0.15) is 17.2 Å². The normalized spacial score (nSPS) is 18.4. The van der Waals surface area contributed by atoms with E-state index in [1.165, 1.54) is 12.1 Å². The predicted octanol–water partition coefficient (Wildman–Crippen LogP) is 4.16. The number of hydrogen-bond acceptors (Lipinski definition) is 7. The van der Waals surface area contributed by atoms with Gasteiger partial charge in [-0.05, 0) is 62.9 Å². The molecule has 1 radical (unpaired) electrons. The molecule has 2 aromatic carbocycles. The molecule has 0 amide bonds. The Morgan fingerprint density at radius 2 is 1.92 bits per heavy atom. The molecule has 1 saturated carbocycles. The van der Waals surface area contributed by atoms with Gasteiger partial charge in [-0.3, -0.25) is 4.79 Å². The minimum atomic E-state index is -0.878. The van der Waals surface area contributed by atoms with Crippen LogP contribution in [0.25, 0.3) is 10.9 Å². The van der Waals surface area contributed by atoms with Crippen LogP contribution in [0.5, 0.6) is 17.2 Å². The summed E-state index contributed by atoms with van der Waals surface area (Å²) in [6, 6.07) is 10.1. The molecule has 1 heterocycles. The zero-order valence-corrected chi connectivity index (χ0v) is 23.2. The van der Waals surface area contributed by atoms with E-state index in [0.717, 1.165) is 44.2 Å². The molecule has 0 spiro atoms. The number of aromatic nitrogens is 1. The van der Waals surface area contributed by atoms with Crippen molar-refractivity contribution in [2.75, 3.05) is 33.9 Å². The van der Waals surface area contributed by atoms with Gasteiger partial charge in [0.05, 0.1) is 36.5 Å². The molecular weight excluding hydrogens is 522 g/mol. The molecule has 10 heteroatoms. The van der Waals surface area contributed by atoms with Crippen LogP contribution < -0.4 is 20.3 Å². The summed E-state index contributed by atoms with van der Waals surface area (Å²) in [6.45, 7) is 2.02. The summed E-state index contributed by atoms with van der Waals surface area (Å²) in [7, 11) is 3.69. The first kappa shape index (κ1) is 29.2. The van der Waals surface area contributed by atoms with E-state index in [2.05, 4.69) is 22.2 Å². The molecule has 4 N–H and O–H groups in total. The highest BCUT2D eigenvalue weighted by atomic mass is 35.5. The van der Waals surface area contributed by atoms with Gasteiger partial charge in [-0.2, -0.15) is 0 Å². The maximum absolute atomic E-state index is 11.6. The van der Waals surface area contributed by atoms with Crippen molar-refractivity contribution < 1.29 is 24.8 Å². The maximum Gasteiger partial charge on any atom is 0.248 e. The van der Waals surface area contributed by atoms with Crippen LogP contribution >= 0.6 is 11.6 Å². The number of aromatic hydroxyl groups is 1. The highest BCUT2D eigenvalue weighted by molar-refractivity contribution is 6.32. The fourth-order valence-corrected chi connectivity index (χ4v) is 5.42. The van der Waals surface area contributed by atoms with Gasteiger partial charge in [-0.15, -0.1) is 0 Å². The third-order valence-corrected chi connectivity index (χ3v) is 7.73. The SMILES string of the molecule is COc1cc(OCCCN(C)[C@H]2CC[C@H]([O])CC2)c(Cl)cc1CNC[C@H](O)c1ccc(O)c2[nH]c(=O)ccc12. The first-order chi connectivity index (χ1) is 18.8. The molecule has 1 aromatic heterocycles. The number of fused-ring (bicyclic) bond motifs is 1. The Morgan fingerprint density at radius 1 is 1.15 bits per heavy atom. The number of nitrogens with one attached hydrogen (secondary N) is 2. The van der Waals surface area contributed by atoms with Gasteiger partial charge in [-0.1, -0.05) is 17.7 Å². The Labute approximate surface area is 233 Å². The third kappa shape index (κ3) is 7.43. The van der Waals surface area contributed by atoms with Crippen LogP contribution in [0.4, 0.5) is 0 Å². The summed E-state index contributed by atoms with van der Waals surface area (Å²) < 4.78 is 11.5. The molecule has 0 bridgehead atoms. The molecule has 211 valence electrons. The van der Waals surface area contributed by atoms with Crippen molar-refractivity contribution >= 4 is 22.5 Å². The lowest BCUT2D eigenvalue weighted by molar-refractivity contribution is 0.0304. The number of aliphatic hydroxyl groups is 1. The molecule has 1 aliphatic rings. The van der Waals surface area contributed by atoms with Crippen molar-refractivity contribution in [2.45, 2.75) is 56.9 Å². The van der Waals surface area contributed by atoms with Gasteiger partial charge < -0.3 is 34.9 Å². The molecule has 1 atom stereocenters. The molecule has 1 aliphatic carbocycles. The Bertz CT molecular complexity index is 1310. The number of halogens is 1. The van der Waals surface area contributed by atoms with Crippen LogP contribution in [0.15, 0.2) is 41.2 Å². The molecule has 0 aliphatic heterocycles. The number of ether oxygens (including phenoxy) is 2. The molecular formula is C29H37ClN3O6. The van der Waals surface area contributed by atoms with Crippen molar-refractivity contribution in [1.29, 1.82) is 0 Å². The fraction of sp³-hybridized carbons (Fsp3) is 0.483. The van der Waals surface area contributed by atoms with Gasteiger partial charge in [-0.25, -0.2) is 5.11 Å². The van der Waals surface area contributed by atoms with E-state index in [9.17, 15) is 20.1 Å². The Kier molecular flexibility index (Phi) is 10.1. The quantitative estimate of drug-likeness (QED) is 0.246. The first-order valence-electron chi connectivity index (χ1n) is 13.4. The Balaban J connectivity index is 1.30. The van der Waals surface area contributed by atoms with E-state index in [4.69, 9.17) is 21.1 Å².